The average Bonchev–Trinajstić information content (AvgIpc) is 2.79. The quantitative estimate of drug-likeness (QED) is 0.689. The van der Waals surface area contributed by atoms with Gasteiger partial charge in [-0.2, -0.15) is 9.37 Å². The topological polar surface area (TPSA) is 64.6 Å². The van der Waals surface area contributed by atoms with E-state index in [4.69, 9.17) is 0 Å². The lowest BCUT2D eigenvalue weighted by molar-refractivity contribution is 0.102. The molecule has 0 saturated carbocycles. The molecule has 0 radical (unpaired) electrons. The number of aromatic nitrogens is 2. The molecule has 0 atom stereocenters. The lowest BCUT2D eigenvalue weighted by Crippen LogP contribution is -2.42. The predicted octanol–water partition coefficient (Wildman–Crippen LogP) is 4.02. The Morgan fingerprint density at radius 2 is 1.79 bits per heavy atom. The van der Waals surface area contributed by atoms with Crippen molar-refractivity contribution in [3.8, 4) is 0 Å². The molecule has 2 aliphatic heterocycles. The minimum atomic E-state index is -0.905. The fourth-order valence-corrected chi connectivity index (χ4v) is 4.73. The number of halogens is 1. The third-order valence-corrected chi connectivity index (χ3v) is 7.11. The zero-order chi connectivity index (χ0) is 23.6. The number of hydrogen-bond donors (Lipinski definition) is 1. The standard InChI is InChI=1S/C25H35FN6O/c1-25(2)10-15-32(16-11-25)22-17-19(31-13-8-18(9-14-31)30(3)4)5-6-20(22)28-23(33)21-7-12-27-24(26)29-21/h5-7,12,17-18H,8-11,13-16H2,1-4H3,(H,28,33). The average molecular weight is 455 g/mol. The van der Waals surface area contributed by atoms with Crippen LogP contribution in [-0.2, 0) is 0 Å². The van der Waals surface area contributed by atoms with E-state index in [2.05, 4.69) is 70.1 Å². The summed E-state index contributed by atoms with van der Waals surface area (Å²) in [5, 5.41) is 2.96. The Bertz CT molecular complexity index is 977. The van der Waals surface area contributed by atoms with Crippen LogP contribution in [0.2, 0.25) is 0 Å². The van der Waals surface area contributed by atoms with E-state index in [1.165, 1.54) is 18.0 Å². The van der Waals surface area contributed by atoms with Crippen LogP contribution in [0.5, 0.6) is 0 Å². The zero-order valence-corrected chi connectivity index (χ0v) is 20.1. The molecule has 7 nitrogen and oxygen atoms in total. The molecule has 2 aromatic rings. The van der Waals surface area contributed by atoms with E-state index in [-0.39, 0.29) is 5.69 Å². The monoisotopic (exact) mass is 454 g/mol. The Labute approximate surface area is 196 Å². The number of hydrogen-bond acceptors (Lipinski definition) is 6. The number of amides is 1. The molecular formula is C25H35FN6O. The Morgan fingerprint density at radius 3 is 2.42 bits per heavy atom. The summed E-state index contributed by atoms with van der Waals surface area (Å²) in [5.74, 6) is -0.436. The van der Waals surface area contributed by atoms with Gasteiger partial charge in [-0.15, -0.1) is 0 Å². The number of rotatable bonds is 5. The summed E-state index contributed by atoms with van der Waals surface area (Å²) in [6, 6.07) is 8.29. The maximum Gasteiger partial charge on any atom is 0.309 e. The van der Waals surface area contributed by atoms with Crippen molar-refractivity contribution in [2.45, 2.75) is 45.6 Å². The van der Waals surface area contributed by atoms with Crippen molar-refractivity contribution in [2.75, 3.05) is 55.4 Å². The summed E-state index contributed by atoms with van der Waals surface area (Å²) in [5.41, 5.74) is 3.26. The van der Waals surface area contributed by atoms with Crippen LogP contribution in [0.25, 0.3) is 0 Å². The van der Waals surface area contributed by atoms with E-state index in [0.717, 1.165) is 63.2 Å². The Balaban J connectivity index is 1.58. The molecule has 0 spiro atoms. The Morgan fingerprint density at radius 1 is 1.09 bits per heavy atom. The van der Waals surface area contributed by atoms with Crippen LogP contribution >= 0.6 is 0 Å². The van der Waals surface area contributed by atoms with Gasteiger partial charge in [-0.25, -0.2) is 4.98 Å². The van der Waals surface area contributed by atoms with Crippen LogP contribution in [0, 0.1) is 11.5 Å². The number of piperidine rings is 2. The number of carbonyl (C=O) groups excluding carboxylic acids is 1. The Hall–Kier alpha value is -2.74. The molecule has 1 N–H and O–H groups in total. The van der Waals surface area contributed by atoms with Crippen molar-refractivity contribution in [3.63, 3.8) is 0 Å². The van der Waals surface area contributed by atoms with Gasteiger partial charge in [0.2, 0.25) is 0 Å². The summed E-state index contributed by atoms with van der Waals surface area (Å²) in [6.07, 6.45) is 4.81. The lowest BCUT2D eigenvalue weighted by atomic mass is 9.82. The van der Waals surface area contributed by atoms with Crippen LogP contribution in [0.4, 0.5) is 21.5 Å². The minimum absolute atomic E-state index is 0.0167. The summed E-state index contributed by atoms with van der Waals surface area (Å²) in [7, 11) is 4.30. The number of benzene rings is 1. The SMILES string of the molecule is CN(C)C1CCN(c2ccc(NC(=O)c3ccnc(F)n3)c(N3CCC(C)(C)CC3)c2)CC1. The molecule has 178 valence electrons. The largest absolute Gasteiger partial charge is 0.371 e. The molecule has 2 fully saturated rings. The first-order valence-electron chi connectivity index (χ1n) is 11.8. The number of carbonyl (C=O) groups is 1. The van der Waals surface area contributed by atoms with E-state index in [0.29, 0.717) is 11.5 Å². The van der Waals surface area contributed by atoms with Crippen molar-refractivity contribution in [2.24, 2.45) is 5.41 Å². The maximum absolute atomic E-state index is 13.4. The lowest BCUT2D eigenvalue weighted by Gasteiger charge is -2.40. The third-order valence-electron chi connectivity index (χ3n) is 7.11. The molecule has 0 aliphatic carbocycles. The van der Waals surface area contributed by atoms with Gasteiger partial charge in [0.25, 0.3) is 5.91 Å². The highest BCUT2D eigenvalue weighted by Gasteiger charge is 2.28. The van der Waals surface area contributed by atoms with E-state index in [9.17, 15) is 9.18 Å². The first kappa shape index (κ1) is 23.4. The van der Waals surface area contributed by atoms with Crippen molar-refractivity contribution < 1.29 is 9.18 Å². The number of anilines is 3. The predicted molar refractivity (Wildman–Crippen MR) is 131 cm³/mol. The summed E-state index contributed by atoms with van der Waals surface area (Å²) in [4.78, 5) is 27.0. The van der Waals surface area contributed by atoms with Gasteiger partial charge in [-0.1, -0.05) is 13.8 Å². The number of nitrogens with zero attached hydrogens (tertiary/aromatic N) is 5. The van der Waals surface area contributed by atoms with Crippen LogP contribution in [0.1, 0.15) is 50.0 Å². The molecule has 0 unspecified atom stereocenters. The highest BCUT2D eigenvalue weighted by Crippen LogP contribution is 2.38. The molecule has 8 heteroatoms. The van der Waals surface area contributed by atoms with Crippen LogP contribution in [0.15, 0.2) is 30.5 Å². The molecule has 1 amide bonds. The van der Waals surface area contributed by atoms with Crippen molar-refractivity contribution in [3.05, 3.63) is 42.2 Å². The highest BCUT2D eigenvalue weighted by atomic mass is 19.1. The number of nitrogens with one attached hydrogen (secondary N) is 1. The highest BCUT2D eigenvalue weighted by molar-refractivity contribution is 6.04. The first-order valence-corrected chi connectivity index (χ1v) is 11.8. The van der Waals surface area contributed by atoms with Crippen LogP contribution in [-0.4, -0.2) is 67.1 Å². The molecule has 33 heavy (non-hydrogen) atoms. The Kier molecular flexibility index (Phi) is 6.83. The maximum atomic E-state index is 13.4. The summed E-state index contributed by atoms with van der Waals surface area (Å²) in [6.45, 7) is 8.51. The smallest absolute Gasteiger partial charge is 0.309 e. The van der Waals surface area contributed by atoms with Gasteiger partial charge in [0.1, 0.15) is 5.69 Å². The first-order chi connectivity index (χ1) is 15.7. The van der Waals surface area contributed by atoms with Crippen molar-refractivity contribution in [1.82, 2.24) is 14.9 Å². The normalized spacial score (nSPS) is 19.1. The summed E-state index contributed by atoms with van der Waals surface area (Å²) >= 11 is 0. The van der Waals surface area contributed by atoms with Crippen molar-refractivity contribution >= 4 is 23.0 Å². The van der Waals surface area contributed by atoms with Crippen LogP contribution < -0.4 is 15.1 Å². The van der Waals surface area contributed by atoms with Crippen LogP contribution in [0.3, 0.4) is 0 Å². The van der Waals surface area contributed by atoms with Gasteiger partial charge < -0.3 is 20.0 Å². The van der Waals surface area contributed by atoms with E-state index in [1.807, 2.05) is 6.07 Å². The van der Waals surface area contributed by atoms with Gasteiger partial charge in [0.15, 0.2) is 0 Å². The second-order valence-electron chi connectivity index (χ2n) is 10.2. The molecule has 4 rings (SSSR count). The summed E-state index contributed by atoms with van der Waals surface area (Å²) < 4.78 is 13.4. The van der Waals surface area contributed by atoms with Gasteiger partial charge in [0, 0.05) is 44.1 Å². The second-order valence-corrected chi connectivity index (χ2v) is 10.2. The zero-order valence-electron chi connectivity index (χ0n) is 20.1. The molecule has 0 bridgehead atoms. The van der Waals surface area contributed by atoms with E-state index in [1.54, 1.807) is 0 Å². The van der Waals surface area contributed by atoms with E-state index >= 15 is 0 Å². The molecule has 1 aromatic carbocycles. The van der Waals surface area contributed by atoms with Gasteiger partial charge in [-0.05, 0) is 69.5 Å². The minimum Gasteiger partial charge on any atom is -0.371 e. The molecule has 3 heterocycles. The molecule has 1 aromatic heterocycles. The van der Waals surface area contributed by atoms with Gasteiger partial charge in [-0.3, -0.25) is 4.79 Å². The van der Waals surface area contributed by atoms with Gasteiger partial charge >= 0.3 is 6.08 Å². The van der Waals surface area contributed by atoms with Crippen molar-refractivity contribution in [1.29, 1.82) is 0 Å². The molecular weight excluding hydrogens is 419 g/mol. The third kappa shape index (κ3) is 5.61. The molecule has 2 aliphatic rings. The van der Waals surface area contributed by atoms with E-state index < -0.39 is 12.0 Å². The fourth-order valence-electron chi connectivity index (χ4n) is 4.73. The molecule has 2 saturated heterocycles. The fraction of sp³-hybridized carbons (Fsp3) is 0.560. The second kappa shape index (κ2) is 9.63. The van der Waals surface area contributed by atoms with Gasteiger partial charge in [0.05, 0.1) is 11.4 Å².